The van der Waals surface area contributed by atoms with Crippen LogP contribution in [0, 0.1) is 0 Å². The molecule has 0 spiro atoms. The van der Waals surface area contributed by atoms with Gasteiger partial charge in [0.25, 0.3) is 5.56 Å². The van der Waals surface area contributed by atoms with Gasteiger partial charge in [0.15, 0.2) is 0 Å². The van der Waals surface area contributed by atoms with Crippen molar-refractivity contribution in [1.82, 2.24) is 9.55 Å². The zero-order chi connectivity index (χ0) is 9.97. The Labute approximate surface area is 80.6 Å². The fraction of sp³-hybridized carbons (Fsp3) is 0. The minimum Gasteiger partial charge on any atom is -0.397 e. The van der Waals surface area contributed by atoms with Crippen molar-refractivity contribution in [3.05, 3.63) is 53.1 Å². The van der Waals surface area contributed by atoms with Crippen LogP contribution in [0.5, 0.6) is 0 Å². The van der Waals surface area contributed by atoms with Gasteiger partial charge in [-0.1, -0.05) is 6.07 Å². The molecule has 0 fully saturated rings. The van der Waals surface area contributed by atoms with Gasteiger partial charge in [-0.3, -0.25) is 9.36 Å². The molecule has 0 radical (unpaired) electrons. The number of nitrogens with zero attached hydrogens (tertiary/aromatic N) is 2. The Morgan fingerprint density at radius 3 is 2.71 bits per heavy atom. The SMILES string of the molecule is Nc1ccc(-n2ccccc2=O)nc1. The molecule has 0 saturated carbocycles. The monoisotopic (exact) mass is 187 g/mol. The molecule has 0 aliphatic carbocycles. The average Bonchev–Trinajstić information content (AvgIpc) is 2.20. The fourth-order valence-electron chi connectivity index (χ4n) is 1.16. The Kier molecular flexibility index (Phi) is 2.02. The van der Waals surface area contributed by atoms with E-state index < -0.39 is 0 Å². The second-order valence-electron chi connectivity index (χ2n) is 2.86. The Bertz CT molecular complexity index is 487. The van der Waals surface area contributed by atoms with E-state index in [1.54, 1.807) is 30.5 Å². The lowest BCUT2D eigenvalue weighted by Gasteiger charge is -2.02. The molecule has 0 aliphatic rings. The molecule has 2 aromatic heterocycles. The molecule has 0 aliphatic heterocycles. The number of nitrogen functional groups attached to an aromatic ring is 1. The molecular formula is C10H9N3O. The minimum absolute atomic E-state index is 0.107. The van der Waals surface area contributed by atoms with Gasteiger partial charge in [-0.15, -0.1) is 0 Å². The van der Waals surface area contributed by atoms with Crippen LogP contribution in [-0.4, -0.2) is 9.55 Å². The maximum absolute atomic E-state index is 11.4. The molecule has 0 unspecified atom stereocenters. The van der Waals surface area contributed by atoms with E-state index in [-0.39, 0.29) is 5.56 Å². The summed E-state index contributed by atoms with van der Waals surface area (Å²) in [5, 5.41) is 0. The van der Waals surface area contributed by atoms with E-state index in [4.69, 9.17) is 5.73 Å². The van der Waals surface area contributed by atoms with Crippen molar-refractivity contribution in [3.63, 3.8) is 0 Å². The highest BCUT2D eigenvalue weighted by Gasteiger charge is 1.97. The molecule has 14 heavy (non-hydrogen) atoms. The van der Waals surface area contributed by atoms with Crippen LogP contribution in [0.2, 0.25) is 0 Å². The summed E-state index contributed by atoms with van der Waals surface area (Å²) in [6.45, 7) is 0. The van der Waals surface area contributed by atoms with E-state index in [0.29, 0.717) is 11.5 Å². The average molecular weight is 187 g/mol. The number of aromatic nitrogens is 2. The molecule has 0 amide bonds. The lowest BCUT2D eigenvalue weighted by molar-refractivity contribution is 0.942. The number of pyridine rings is 2. The van der Waals surface area contributed by atoms with E-state index in [1.807, 2.05) is 0 Å². The fourth-order valence-corrected chi connectivity index (χ4v) is 1.16. The van der Waals surface area contributed by atoms with Gasteiger partial charge in [-0.25, -0.2) is 4.98 Å². The molecule has 4 heteroatoms. The van der Waals surface area contributed by atoms with Crippen molar-refractivity contribution in [2.45, 2.75) is 0 Å². The Hall–Kier alpha value is -2.10. The van der Waals surface area contributed by atoms with Crippen LogP contribution in [0.3, 0.4) is 0 Å². The van der Waals surface area contributed by atoms with Gasteiger partial charge in [-0.05, 0) is 18.2 Å². The van der Waals surface area contributed by atoms with E-state index >= 15 is 0 Å². The van der Waals surface area contributed by atoms with Crippen molar-refractivity contribution in [2.24, 2.45) is 0 Å². The maximum atomic E-state index is 11.4. The topological polar surface area (TPSA) is 60.9 Å². The summed E-state index contributed by atoms with van der Waals surface area (Å²) >= 11 is 0. The first kappa shape index (κ1) is 8.50. The van der Waals surface area contributed by atoms with Crippen LogP contribution in [0.4, 0.5) is 5.69 Å². The number of hydrogen-bond acceptors (Lipinski definition) is 3. The Morgan fingerprint density at radius 1 is 1.21 bits per heavy atom. The zero-order valence-corrected chi connectivity index (χ0v) is 7.42. The predicted octanol–water partition coefficient (Wildman–Crippen LogP) is 0.815. The van der Waals surface area contributed by atoms with Gasteiger partial charge in [0.05, 0.1) is 11.9 Å². The lowest BCUT2D eigenvalue weighted by Crippen LogP contribution is -2.16. The molecule has 2 N–H and O–H groups in total. The van der Waals surface area contributed by atoms with Crippen molar-refractivity contribution in [3.8, 4) is 5.82 Å². The molecule has 4 nitrogen and oxygen atoms in total. The largest absolute Gasteiger partial charge is 0.397 e. The van der Waals surface area contributed by atoms with Crippen LogP contribution in [-0.2, 0) is 0 Å². The van der Waals surface area contributed by atoms with Crippen LogP contribution < -0.4 is 11.3 Å². The second-order valence-corrected chi connectivity index (χ2v) is 2.86. The third kappa shape index (κ3) is 1.50. The van der Waals surface area contributed by atoms with Crippen LogP contribution in [0.25, 0.3) is 5.82 Å². The summed E-state index contributed by atoms with van der Waals surface area (Å²) in [4.78, 5) is 15.4. The molecule has 0 aromatic carbocycles. The number of rotatable bonds is 1. The molecule has 0 atom stereocenters. The molecule has 0 bridgehead atoms. The number of hydrogen-bond donors (Lipinski definition) is 1. The van der Waals surface area contributed by atoms with E-state index in [2.05, 4.69) is 4.98 Å². The highest BCUT2D eigenvalue weighted by molar-refractivity contribution is 5.38. The molecular weight excluding hydrogens is 178 g/mol. The Balaban J connectivity index is 2.56. The van der Waals surface area contributed by atoms with Crippen molar-refractivity contribution in [2.75, 3.05) is 5.73 Å². The van der Waals surface area contributed by atoms with Crippen LogP contribution in [0.1, 0.15) is 0 Å². The molecule has 70 valence electrons. The highest BCUT2D eigenvalue weighted by atomic mass is 16.1. The van der Waals surface area contributed by atoms with Crippen LogP contribution >= 0.6 is 0 Å². The maximum Gasteiger partial charge on any atom is 0.256 e. The summed E-state index contributed by atoms with van der Waals surface area (Å²) < 4.78 is 1.46. The summed E-state index contributed by atoms with van der Waals surface area (Å²) in [5.74, 6) is 0.574. The molecule has 2 rings (SSSR count). The van der Waals surface area contributed by atoms with Gasteiger partial charge in [0.1, 0.15) is 5.82 Å². The standard InChI is InChI=1S/C10H9N3O/c11-8-4-5-9(12-7-8)13-6-2-1-3-10(13)14/h1-7H,11H2. The highest BCUT2D eigenvalue weighted by Crippen LogP contribution is 2.03. The lowest BCUT2D eigenvalue weighted by atomic mass is 10.4. The summed E-state index contributed by atoms with van der Waals surface area (Å²) in [7, 11) is 0. The first-order valence-electron chi connectivity index (χ1n) is 4.17. The van der Waals surface area contributed by atoms with E-state index in [0.717, 1.165) is 0 Å². The van der Waals surface area contributed by atoms with Gasteiger partial charge in [0.2, 0.25) is 0 Å². The third-order valence-electron chi connectivity index (χ3n) is 1.84. The minimum atomic E-state index is -0.107. The quantitative estimate of drug-likeness (QED) is 0.718. The first-order chi connectivity index (χ1) is 6.77. The first-order valence-corrected chi connectivity index (χ1v) is 4.17. The predicted molar refractivity (Wildman–Crippen MR) is 54.2 cm³/mol. The number of anilines is 1. The summed E-state index contributed by atoms with van der Waals surface area (Å²) in [6, 6.07) is 8.37. The van der Waals surface area contributed by atoms with E-state index in [9.17, 15) is 4.79 Å². The van der Waals surface area contributed by atoms with Gasteiger partial charge in [0, 0.05) is 12.3 Å². The molecule has 2 heterocycles. The van der Waals surface area contributed by atoms with Crippen molar-refractivity contribution < 1.29 is 0 Å². The molecule has 2 aromatic rings. The van der Waals surface area contributed by atoms with Crippen molar-refractivity contribution in [1.29, 1.82) is 0 Å². The van der Waals surface area contributed by atoms with Gasteiger partial charge in [-0.2, -0.15) is 0 Å². The summed E-state index contributed by atoms with van der Waals surface area (Å²) in [6.07, 6.45) is 3.19. The normalized spacial score (nSPS) is 10.0. The zero-order valence-electron chi connectivity index (χ0n) is 7.42. The smallest absolute Gasteiger partial charge is 0.256 e. The third-order valence-corrected chi connectivity index (χ3v) is 1.84. The second kappa shape index (κ2) is 3.33. The summed E-state index contributed by atoms with van der Waals surface area (Å²) in [5.41, 5.74) is 5.97. The molecule has 0 saturated heterocycles. The Morgan fingerprint density at radius 2 is 2.07 bits per heavy atom. The number of nitrogens with two attached hydrogens (primary N) is 1. The van der Waals surface area contributed by atoms with E-state index in [1.165, 1.54) is 16.8 Å². The van der Waals surface area contributed by atoms with Crippen molar-refractivity contribution >= 4 is 5.69 Å². The van der Waals surface area contributed by atoms with Gasteiger partial charge >= 0.3 is 0 Å². The van der Waals surface area contributed by atoms with Gasteiger partial charge < -0.3 is 5.73 Å². The van der Waals surface area contributed by atoms with Crippen LogP contribution in [0.15, 0.2) is 47.5 Å².